The Hall–Kier alpha value is -1.39. The third-order valence-corrected chi connectivity index (χ3v) is 6.18. The lowest BCUT2D eigenvalue weighted by molar-refractivity contribution is 0.357. The van der Waals surface area contributed by atoms with Gasteiger partial charge in [-0.15, -0.1) is 0 Å². The first-order chi connectivity index (χ1) is 8.94. The number of rotatable bonds is 0. The summed E-state index contributed by atoms with van der Waals surface area (Å²) in [6, 6.07) is 7.17. The summed E-state index contributed by atoms with van der Waals surface area (Å²) in [5.41, 5.74) is 3.17. The van der Waals surface area contributed by atoms with Crippen LogP contribution in [0.25, 0.3) is 5.57 Å². The molecule has 2 aliphatic rings. The van der Waals surface area contributed by atoms with Gasteiger partial charge in [-0.05, 0) is 30.0 Å². The van der Waals surface area contributed by atoms with Crippen molar-refractivity contribution in [3.05, 3.63) is 47.6 Å². The molecule has 0 saturated carbocycles. The molecular formula is C15H17NO2S. The van der Waals surface area contributed by atoms with Gasteiger partial charge in [0.05, 0.1) is 10.9 Å². The third-order valence-electron chi connectivity index (χ3n) is 4.28. The molecule has 0 spiro atoms. The monoisotopic (exact) mass is 275 g/mol. The molecule has 1 aromatic rings. The molecule has 0 saturated heterocycles. The number of sulfonamides is 1. The van der Waals surface area contributed by atoms with E-state index in [0.29, 0.717) is 4.90 Å². The number of benzene rings is 1. The second-order valence-corrected chi connectivity index (χ2v) is 7.25. The van der Waals surface area contributed by atoms with Crippen LogP contribution in [0.4, 0.5) is 0 Å². The van der Waals surface area contributed by atoms with E-state index in [9.17, 15) is 8.42 Å². The van der Waals surface area contributed by atoms with Crippen molar-refractivity contribution >= 4 is 15.6 Å². The highest BCUT2D eigenvalue weighted by atomic mass is 32.2. The standard InChI is InChI=1S/C15H17NO2S/c1-10-8-9-13-12-6-4-5-7-14(12)19(17,18)16(3)15(13)11(10)2/h4-9,11,15H,1-3H3/t11-,15+/m1/s1. The van der Waals surface area contributed by atoms with E-state index in [1.54, 1.807) is 19.2 Å². The van der Waals surface area contributed by atoms with Gasteiger partial charge in [-0.25, -0.2) is 8.42 Å². The molecule has 0 bridgehead atoms. The van der Waals surface area contributed by atoms with Gasteiger partial charge in [0.25, 0.3) is 0 Å². The van der Waals surface area contributed by atoms with E-state index in [1.165, 1.54) is 9.88 Å². The maximum atomic E-state index is 12.6. The maximum absolute atomic E-state index is 12.6. The average Bonchev–Trinajstić information content (AvgIpc) is 2.40. The van der Waals surface area contributed by atoms with E-state index in [4.69, 9.17) is 0 Å². The maximum Gasteiger partial charge on any atom is 0.244 e. The summed E-state index contributed by atoms with van der Waals surface area (Å²) in [4.78, 5) is 0.417. The number of nitrogens with zero attached hydrogens (tertiary/aromatic N) is 1. The third kappa shape index (κ3) is 1.63. The minimum atomic E-state index is -3.38. The summed E-state index contributed by atoms with van der Waals surface area (Å²) in [6.45, 7) is 4.14. The molecule has 0 aromatic heterocycles. The first-order valence-electron chi connectivity index (χ1n) is 6.40. The van der Waals surface area contributed by atoms with Gasteiger partial charge < -0.3 is 0 Å². The minimum Gasteiger partial charge on any atom is -0.207 e. The second-order valence-electron chi connectivity index (χ2n) is 5.28. The largest absolute Gasteiger partial charge is 0.244 e. The van der Waals surface area contributed by atoms with Crippen molar-refractivity contribution in [1.82, 2.24) is 4.31 Å². The molecule has 3 nitrogen and oxygen atoms in total. The lowest BCUT2D eigenvalue weighted by Crippen LogP contribution is -2.46. The van der Waals surface area contributed by atoms with Gasteiger partial charge in [0.1, 0.15) is 0 Å². The van der Waals surface area contributed by atoms with Crippen LogP contribution in [-0.4, -0.2) is 25.8 Å². The zero-order valence-corrected chi connectivity index (χ0v) is 12.1. The second kappa shape index (κ2) is 4.05. The summed E-state index contributed by atoms with van der Waals surface area (Å²) < 4.78 is 26.7. The molecule has 0 radical (unpaired) electrons. The Morgan fingerprint density at radius 2 is 1.84 bits per heavy atom. The Bertz CT molecular complexity index is 701. The molecule has 4 heteroatoms. The van der Waals surface area contributed by atoms with Crippen LogP contribution >= 0.6 is 0 Å². The molecule has 1 heterocycles. The lowest BCUT2D eigenvalue weighted by atomic mass is 9.81. The van der Waals surface area contributed by atoms with Crippen LogP contribution in [0.1, 0.15) is 19.4 Å². The van der Waals surface area contributed by atoms with Crippen LogP contribution < -0.4 is 0 Å². The first kappa shape index (κ1) is 12.6. The molecule has 19 heavy (non-hydrogen) atoms. The van der Waals surface area contributed by atoms with E-state index >= 15 is 0 Å². The number of likely N-dealkylation sites (N-methyl/N-ethyl adjacent to an activating group) is 1. The van der Waals surface area contributed by atoms with Crippen LogP contribution in [0.3, 0.4) is 0 Å². The quantitative estimate of drug-likeness (QED) is 0.730. The molecule has 0 fully saturated rings. The molecule has 100 valence electrons. The Morgan fingerprint density at radius 3 is 2.58 bits per heavy atom. The summed E-state index contributed by atoms with van der Waals surface area (Å²) in [6.07, 6.45) is 4.16. The van der Waals surface area contributed by atoms with Gasteiger partial charge in [0, 0.05) is 7.05 Å². The smallest absolute Gasteiger partial charge is 0.207 e. The summed E-state index contributed by atoms with van der Waals surface area (Å²) in [5.74, 6) is 0.202. The normalized spacial score (nSPS) is 29.0. The highest BCUT2D eigenvalue weighted by molar-refractivity contribution is 7.89. The first-order valence-corrected chi connectivity index (χ1v) is 7.84. The molecular weight excluding hydrogens is 258 g/mol. The topological polar surface area (TPSA) is 37.4 Å². The van der Waals surface area contributed by atoms with Crippen molar-refractivity contribution in [3.8, 4) is 0 Å². The summed E-state index contributed by atoms with van der Waals surface area (Å²) >= 11 is 0. The van der Waals surface area contributed by atoms with Crippen LogP contribution in [0, 0.1) is 5.92 Å². The van der Waals surface area contributed by atoms with E-state index < -0.39 is 10.0 Å². The summed E-state index contributed by atoms with van der Waals surface area (Å²) in [7, 11) is -1.70. The minimum absolute atomic E-state index is 0.0927. The van der Waals surface area contributed by atoms with Crippen molar-refractivity contribution < 1.29 is 8.42 Å². The predicted molar refractivity (Wildman–Crippen MR) is 76.1 cm³/mol. The fraction of sp³-hybridized carbons (Fsp3) is 0.333. The van der Waals surface area contributed by atoms with Crippen LogP contribution in [0.15, 0.2) is 46.9 Å². The lowest BCUT2D eigenvalue weighted by Gasteiger charge is -2.40. The number of allylic oxidation sites excluding steroid dienone is 2. The Labute approximate surface area is 114 Å². The fourth-order valence-electron chi connectivity index (χ4n) is 2.98. The highest BCUT2D eigenvalue weighted by Crippen LogP contribution is 2.42. The molecule has 1 aliphatic heterocycles. The number of hydrogen-bond donors (Lipinski definition) is 0. The molecule has 0 amide bonds. The fourth-order valence-corrected chi connectivity index (χ4v) is 4.60. The predicted octanol–water partition coefficient (Wildman–Crippen LogP) is 2.67. The van der Waals surface area contributed by atoms with Crippen LogP contribution in [-0.2, 0) is 10.0 Å². The zero-order chi connectivity index (χ0) is 13.8. The Kier molecular flexibility index (Phi) is 2.69. The summed E-state index contributed by atoms with van der Waals surface area (Å²) in [5, 5.41) is 0. The van der Waals surface area contributed by atoms with Crippen molar-refractivity contribution in [1.29, 1.82) is 0 Å². The van der Waals surface area contributed by atoms with Gasteiger partial charge >= 0.3 is 0 Å². The van der Waals surface area contributed by atoms with Gasteiger partial charge in [-0.2, -0.15) is 4.31 Å². The molecule has 1 aromatic carbocycles. The van der Waals surface area contributed by atoms with Gasteiger partial charge in [0.15, 0.2) is 0 Å². The van der Waals surface area contributed by atoms with E-state index in [0.717, 1.165) is 11.1 Å². The highest BCUT2D eigenvalue weighted by Gasteiger charge is 2.42. The Balaban J connectivity index is 2.33. The zero-order valence-electron chi connectivity index (χ0n) is 11.3. The van der Waals surface area contributed by atoms with Gasteiger partial charge in [-0.1, -0.05) is 42.8 Å². The van der Waals surface area contributed by atoms with E-state index in [2.05, 4.69) is 26.0 Å². The number of fused-ring (bicyclic) bond motifs is 3. The van der Waals surface area contributed by atoms with Gasteiger partial charge in [-0.3, -0.25) is 0 Å². The van der Waals surface area contributed by atoms with Crippen molar-refractivity contribution in [2.24, 2.45) is 5.92 Å². The number of hydrogen-bond acceptors (Lipinski definition) is 2. The van der Waals surface area contributed by atoms with Crippen molar-refractivity contribution in [2.45, 2.75) is 24.8 Å². The molecule has 0 unspecified atom stereocenters. The Morgan fingerprint density at radius 1 is 1.16 bits per heavy atom. The molecule has 1 aliphatic carbocycles. The van der Waals surface area contributed by atoms with Crippen molar-refractivity contribution in [3.63, 3.8) is 0 Å². The SMILES string of the molecule is CC1=CC=C2c3ccccc3S(=O)(=O)N(C)[C@H]2[C@@H]1C. The van der Waals surface area contributed by atoms with Crippen LogP contribution in [0.2, 0.25) is 0 Å². The van der Waals surface area contributed by atoms with Crippen molar-refractivity contribution in [2.75, 3.05) is 7.05 Å². The van der Waals surface area contributed by atoms with Gasteiger partial charge in [0.2, 0.25) is 10.0 Å². The van der Waals surface area contributed by atoms with Crippen LogP contribution in [0.5, 0.6) is 0 Å². The molecule has 2 atom stereocenters. The molecule has 0 N–H and O–H groups in total. The molecule has 3 rings (SSSR count). The van der Waals surface area contributed by atoms with E-state index in [1.807, 2.05) is 12.1 Å². The van der Waals surface area contributed by atoms with E-state index in [-0.39, 0.29) is 12.0 Å². The average molecular weight is 275 g/mol.